The van der Waals surface area contributed by atoms with Crippen molar-refractivity contribution in [3.8, 4) is 10.6 Å². The number of piperazine rings is 1. The molecule has 0 radical (unpaired) electrons. The third-order valence-electron chi connectivity index (χ3n) is 4.90. The van der Waals surface area contributed by atoms with Crippen LogP contribution in [0.3, 0.4) is 0 Å². The van der Waals surface area contributed by atoms with E-state index in [-0.39, 0.29) is 17.9 Å². The molecule has 1 aromatic heterocycles. The van der Waals surface area contributed by atoms with Crippen LogP contribution in [0.15, 0.2) is 35.7 Å². The molecule has 2 aliphatic heterocycles. The minimum Gasteiger partial charge on any atom is -0.336 e. The van der Waals surface area contributed by atoms with E-state index in [0.29, 0.717) is 12.2 Å². The van der Waals surface area contributed by atoms with Crippen molar-refractivity contribution in [2.75, 3.05) is 13.1 Å². The molecular formula is C18H19N3O2S. The van der Waals surface area contributed by atoms with E-state index < -0.39 is 6.04 Å². The van der Waals surface area contributed by atoms with Crippen LogP contribution in [-0.2, 0) is 4.79 Å². The van der Waals surface area contributed by atoms with Gasteiger partial charge in [0.15, 0.2) is 0 Å². The van der Waals surface area contributed by atoms with E-state index in [1.165, 1.54) is 11.3 Å². The molecule has 2 aliphatic rings. The number of fused-ring (bicyclic) bond motifs is 1. The topological polar surface area (TPSA) is 53.5 Å². The van der Waals surface area contributed by atoms with Gasteiger partial charge in [-0.05, 0) is 19.8 Å². The van der Waals surface area contributed by atoms with Crippen molar-refractivity contribution in [1.29, 1.82) is 0 Å². The zero-order valence-corrected chi connectivity index (χ0v) is 14.3. The Bertz CT molecular complexity index is 774. The lowest BCUT2D eigenvalue weighted by atomic mass is 10.1. The average Bonchev–Trinajstić information content (AvgIpc) is 3.27. The van der Waals surface area contributed by atoms with Gasteiger partial charge in [0.05, 0.1) is 0 Å². The number of hydrogen-bond donors (Lipinski definition) is 0. The van der Waals surface area contributed by atoms with Gasteiger partial charge in [-0.25, -0.2) is 4.98 Å². The number of benzene rings is 1. The summed E-state index contributed by atoms with van der Waals surface area (Å²) in [7, 11) is 0. The highest BCUT2D eigenvalue weighted by Crippen LogP contribution is 2.28. The fourth-order valence-electron chi connectivity index (χ4n) is 3.57. The first-order chi connectivity index (χ1) is 11.6. The molecule has 0 aliphatic carbocycles. The predicted molar refractivity (Wildman–Crippen MR) is 92.8 cm³/mol. The van der Waals surface area contributed by atoms with Gasteiger partial charge in [-0.15, -0.1) is 11.3 Å². The van der Waals surface area contributed by atoms with Gasteiger partial charge in [-0.3, -0.25) is 9.59 Å². The molecule has 4 rings (SSSR count). The monoisotopic (exact) mass is 341 g/mol. The Labute approximate surface area is 144 Å². The lowest BCUT2D eigenvalue weighted by Gasteiger charge is -2.41. The van der Waals surface area contributed by atoms with Crippen LogP contribution < -0.4 is 0 Å². The summed E-state index contributed by atoms with van der Waals surface area (Å²) in [4.78, 5) is 33.5. The van der Waals surface area contributed by atoms with Crippen LogP contribution in [0.25, 0.3) is 10.6 Å². The van der Waals surface area contributed by atoms with Crippen LogP contribution in [0.2, 0.25) is 0 Å². The molecule has 0 N–H and O–H groups in total. The normalized spacial score (nSPS) is 23.5. The van der Waals surface area contributed by atoms with E-state index in [1.807, 2.05) is 42.2 Å². The molecular weight excluding hydrogens is 322 g/mol. The molecule has 2 fully saturated rings. The molecule has 0 spiro atoms. The lowest BCUT2D eigenvalue weighted by Crippen LogP contribution is -2.60. The van der Waals surface area contributed by atoms with Crippen LogP contribution in [0, 0.1) is 0 Å². The van der Waals surface area contributed by atoms with Gasteiger partial charge in [0.25, 0.3) is 5.91 Å². The lowest BCUT2D eigenvalue weighted by molar-refractivity contribution is -0.141. The number of rotatable bonds is 2. The minimum atomic E-state index is -0.409. The second-order valence-electron chi connectivity index (χ2n) is 6.37. The van der Waals surface area contributed by atoms with Crippen molar-refractivity contribution in [2.45, 2.75) is 31.8 Å². The first-order valence-corrected chi connectivity index (χ1v) is 9.15. The molecule has 3 heterocycles. The average molecular weight is 341 g/mol. The van der Waals surface area contributed by atoms with E-state index in [2.05, 4.69) is 4.98 Å². The third kappa shape index (κ3) is 2.51. The van der Waals surface area contributed by atoms with Crippen LogP contribution >= 0.6 is 11.3 Å². The van der Waals surface area contributed by atoms with E-state index in [1.54, 1.807) is 10.3 Å². The Kier molecular flexibility index (Phi) is 3.84. The van der Waals surface area contributed by atoms with Gasteiger partial charge in [0, 0.05) is 30.1 Å². The molecule has 1 aromatic carbocycles. The van der Waals surface area contributed by atoms with Crippen LogP contribution in [0.1, 0.15) is 30.3 Å². The van der Waals surface area contributed by atoms with Crippen LogP contribution in [-0.4, -0.2) is 51.8 Å². The van der Waals surface area contributed by atoms with Crippen molar-refractivity contribution in [3.05, 3.63) is 41.4 Å². The maximum atomic E-state index is 12.9. The summed E-state index contributed by atoms with van der Waals surface area (Å²) in [6, 6.07) is 9.60. The first-order valence-electron chi connectivity index (χ1n) is 8.27. The van der Waals surface area contributed by atoms with E-state index in [9.17, 15) is 9.59 Å². The number of amides is 2. The summed E-state index contributed by atoms with van der Waals surface area (Å²) in [5, 5.41) is 2.63. The third-order valence-corrected chi connectivity index (χ3v) is 5.79. The van der Waals surface area contributed by atoms with Gasteiger partial charge < -0.3 is 9.80 Å². The minimum absolute atomic E-state index is 0.0654. The summed E-state index contributed by atoms with van der Waals surface area (Å²) in [6.07, 6.45) is 2.01. The highest BCUT2D eigenvalue weighted by Gasteiger charge is 2.42. The molecule has 24 heavy (non-hydrogen) atoms. The molecule has 0 unspecified atom stereocenters. The zero-order chi connectivity index (χ0) is 16.7. The highest BCUT2D eigenvalue weighted by atomic mass is 32.1. The second kappa shape index (κ2) is 6.02. The van der Waals surface area contributed by atoms with Crippen molar-refractivity contribution >= 4 is 23.2 Å². The molecule has 124 valence electrons. The van der Waals surface area contributed by atoms with Crippen LogP contribution in [0.5, 0.6) is 0 Å². The molecule has 0 bridgehead atoms. The van der Waals surface area contributed by atoms with Crippen molar-refractivity contribution in [2.24, 2.45) is 0 Å². The maximum Gasteiger partial charge on any atom is 0.274 e. The molecule has 2 atom stereocenters. The quantitative estimate of drug-likeness (QED) is 0.844. The number of carbonyl (C=O) groups excluding carboxylic acids is 2. The summed E-state index contributed by atoms with van der Waals surface area (Å²) < 4.78 is 0. The fraction of sp³-hybridized carbons (Fsp3) is 0.389. The summed E-state index contributed by atoms with van der Waals surface area (Å²) in [5.74, 6) is -0.0727. The molecule has 2 saturated heterocycles. The Balaban J connectivity index is 1.57. The Morgan fingerprint density at radius 3 is 2.88 bits per heavy atom. The Hall–Kier alpha value is -2.21. The van der Waals surface area contributed by atoms with Crippen molar-refractivity contribution in [3.63, 3.8) is 0 Å². The smallest absolute Gasteiger partial charge is 0.274 e. The number of nitrogens with zero attached hydrogens (tertiary/aromatic N) is 3. The zero-order valence-electron chi connectivity index (χ0n) is 13.5. The second-order valence-corrected chi connectivity index (χ2v) is 7.22. The molecule has 5 nitrogen and oxygen atoms in total. The molecule has 6 heteroatoms. The number of hydrogen-bond acceptors (Lipinski definition) is 4. The first kappa shape index (κ1) is 15.3. The summed E-state index contributed by atoms with van der Waals surface area (Å²) >= 11 is 1.46. The Morgan fingerprint density at radius 2 is 2.08 bits per heavy atom. The van der Waals surface area contributed by atoms with Gasteiger partial charge in [-0.2, -0.15) is 0 Å². The predicted octanol–water partition coefficient (Wildman–Crippen LogP) is 2.65. The number of thiazole rings is 1. The summed E-state index contributed by atoms with van der Waals surface area (Å²) in [5.41, 5.74) is 1.44. The number of carbonyl (C=O) groups is 2. The fourth-order valence-corrected chi connectivity index (χ4v) is 4.37. The molecule has 2 amide bonds. The van der Waals surface area contributed by atoms with E-state index >= 15 is 0 Å². The molecule has 0 saturated carbocycles. The largest absolute Gasteiger partial charge is 0.336 e. The van der Waals surface area contributed by atoms with E-state index in [0.717, 1.165) is 30.0 Å². The van der Waals surface area contributed by atoms with E-state index in [4.69, 9.17) is 0 Å². The number of aromatic nitrogens is 1. The van der Waals surface area contributed by atoms with Gasteiger partial charge in [-0.1, -0.05) is 30.3 Å². The van der Waals surface area contributed by atoms with Crippen molar-refractivity contribution in [1.82, 2.24) is 14.8 Å². The van der Waals surface area contributed by atoms with Crippen molar-refractivity contribution < 1.29 is 9.59 Å². The maximum absolute atomic E-state index is 12.9. The SMILES string of the molecule is C[C@H]1C(=O)N2CCC[C@H]2CN1C(=O)c1csc(-c2ccccc2)n1. The van der Waals surface area contributed by atoms with Crippen LogP contribution in [0.4, 0.5) is 0 Å². The standard InChI is InChI=1S/C18H19N3O2S/c1-12-17(22)20-9-5-8-14(20)10-21(12)18(23)15-11-24-16(19-15)13-6-3-2-4-7-13/h2-4,6-7,11-12,14H,5,8-10H2,1H3/t12-,14-/m0/s1. The van der Waals surface area contributed by atoms with Gasteiger partial charge in [0.2, 0.25) is 5.91 Å². The highest BCUT2D eigenvalue weighted by molar-refractivity contribution is 7.13. The summed E-state index contributed by atoms with van der Waals surface area (Å²) in [6.45, 7) is 3.26. The Morgan fingerprint density at radius 1 is 1.29 bits per heavy atom. The van der Waals surface area contributed by atoms with Gasteiger partial charge in [0.1, 0.15) is 16.7 Å². The van der Waals surface area contributed by atoms with Gasteiger partial charge >= 0.3 is 0 Å². The molecule has 2 aromatic rings.